The molecule has 13 heavy (non-hydrogen) atoms. The predicted octanol–water partition coefficient (Wildman–Crippen LogP) is 1.81. The molecule has 0 saturated heterocycles. The fraction of sp³-hybridized carbons (Fsp3) is 0.222. The van der Waals surface area contributed by atoms with Gasteiger partial charge in [-0.15, -0.1) is 0 Å². The number of ether oxygens (including phenoxy) is 1. The van der Waals surface area contributed by atoms with Crippen molar-refractivity contribution >= 4 is 11.7 Å². The molecule has 1 N–H and O–H groups in total. The molecule has 0 aliphatic carbocycles. The van der Waals surface area contributed by atoms with Gasteiger partial charge in [0.25, 0.3) is 0 Å². The van der Waals surface area contributed by atoms with Crippen LogP contribution in [0.4, 0.5) is 10.1 Å². The molecule has 0 bridgehead atoms. The summed E-state index contributed by atoms with van der Waals surface area (Å²) in [5.74, 6) is -0.475. The molecule has 1 aromatic rings. The molecule has 1 aromatic carbocycles. The highest BCUT2D eigenvalue weighted by Crippen LogP contribution is 2.15. The lowest BCUT2D eigenvalue weighted by Crippen LogP contribution is -2.06. The van der Waals surface area contributed by atoms with E-state index < -0.39 is 12.8 Å². The summed E-state index contributed by atoms with van der Waals surface area (Å²) < 4.78 is 16.5. The van der Waals surface area contributed by atoms with E-state index in [1.54, 1.807) is 24.3 Å². The van der Waals surface area contributed by atoms with Crippen LogP contribution in [0.25, 0.3) is 0 Å². The lowest BCUT2D eigenvalue weighted by atomic mass is 10.2. The van der Waals surface area contributed by atoms with Crippen LogP contribution in [0.5, 0.6) is 0 Å². The molecular formula is C9H10FNO2. The Labute approximate surface area is 75.5 Å². The van der Waals surface area contributed by atoms with Gasteiger partial charge in [0, 0.05) is 0 Å². The van der Waals surface area contributed by atoms with Crippen molar-refractivity contribution in [3.05, 3.63) is 29.8 Å². The van der Waals surface area contributed by atoms with Gasteiger partial charge in [-0.05, 0) is 12.1 Å². The van der Waals surface area contributed by atoms with E-state index in [1.807, 2.05) is 0 Å². The van der Waals surface area contributed by atoms with E-state index in [1.165, 1.54) is 7.11 Å². The minimum Gasteiger partial charge on any atom is -0.465 e. The summed E-state index contributed by atoms with van der Waals surface area (Å²) in [7, 11) is 1.29. The van der Waals surface area contributed by atoms with Crippen LogP contribution in [0, 0.1) is 0 Å². The molecule has 1 rings (SSSR count). The van der Waals surface area contributed by atoms with Crippen LogP contribution in [0.3, 0.4) is 0 Å². The zero-order valence-corrected chi connectivity index (χ0v) is 7.21. The lowest BCUT2D eigenvalue weighted by Gasteiger charge is -2.06. The summed E-state index contributed by atoms with van der Waals surface area (Å²) in [4.78, 5) is 11.1. The van der Waals surface area contributed by atoms with Crippen LogP contribution in [0.2, 0.25) is 0 Å². The molecule has 0 aliphatic rings. The normalized spacial score (nSPS) is 9.38. The van der Waals surface area contributed by atoms with Gasteiger partial charge in [0.05, 0.1) is 18.4 Å². The number of halogens is 1. The average molecular weight is 183 g/mol. The van der Waals surface area contributed by atoms with Gasteiger partial charge in [-0.2, -0.15) is 0 Å². The molecule has 0 saturated carbocycles. The highest BCUT2D eigenvalue weighted by molar-refractivity contribution is 5.95. The topological polar surface area (TPSA) is 38.3 Å². The van der Waals surface area contributed by atoms with Gasteiger partial charge in [0.15, 0.2) is 6.80 Å². The second-order valence-electron chi connectivity index (χ2n) is 2.35. The van der Waals surface area contributed by atoms with Gasteiger partial charge in [-0.3, -0.25) is 0 Å². The molecule has 0 amide bonds. The smallest absolute Gasteiger partial charge is 0.339 e. The zero-order valence-electron chi connectivity index (χ0n) is 7.21. The minimum atomic E-state index is -0.714. The van der Waals surface area contributed by atoms with E-state index in [0.717, 1.165) is 0 Å². The number of hydrogen-bond acceptors (Lipinski definition) is 3. The van der Waals surface area contributed by atoms with Crippen LogP contribution < -0.4 is 5.32 Å². The Kier molecular flexibility index (Phi) is 3.25. The molecule has 70 valence electrons. The van der Waals surface area contributed by atoms with Crippen LogP contribution in [-0.4, -0.2) is 19.9 Å². The van der Waals surface area contributed by atoms with Crippen molar-refractivity contribution in [1.29, 1.82) is 0 Å². The molecule has 0 spiro atoms. The Morgan fingerprint density at radius 2 is 2.23 bits per heavy atom. The Morgan fingerprint density at radius 1 is 1.54 bits per heavy atom. The van der Waals surface area contributed by atoms with Crippen molar-refractivity contribution in [2.45, 2.75) is 0 Å². The number of benzene rings is 1. The third kappa shape index (κ3) is 2.18. The molecule has 3 nitrogen and oxygen atoms in total. The van der Waals surface area contributed by atoms with E-state index in [2.05, 4.69) is 10.1 Å². The first kappa shape index (κ1) is 9.51. The van der Waals surface area contributed by atoms with Crippen LogP contribution >= 0.6 is 0 Å². The molecule has 0 aromatic heterocycles. The molecule has 0 atom stereocenters. The summed E-state index contributed by atoms with van der Waals surface area (Å²) in [5.41, 5.74) is 0.777. The minimum absolute atomic E-state index is 0.336. The Bertz CT molecular complexity index is 301. The number of anilines is 1. The van der Waals surface area contributed by atoms with E-state index in [0.29, 0.717) is 11.3 Å². The largest absolute Gasteiger partial charge is 0.465 e. The van der Waals surface area contributed by atoms with Crippen molar-refractivity contribution in [2.24, 2.45) is 0 Å². The summed E-state index contributed by atoms with van der Waals surface area (Å²) in [6, 6.07) is 6.59. The van der Waals surface area contributed by atoms with Crippen molar-refractivity contribution in [3.63, 3.8) is 0 Å². The van der Waals surface area contributed by atoms with Gasteiger partial charge in [0.1, 0.15) is 0 Å². The van der Waals surface area contributed by atoms with Crippen molar-refractivity contribution in [1.82, 2.24) is 0 Å². The van der Waals surface area contributed by atoms with E-state index >= 15 is 0 Å². The first-order valence-electron chi connectivity index (χ1n) is 3.76. The first-order chi connectivity index (χ1) is 6.29. The van der Waals surface area contributed by atoms with Gasteiger partial charge in [-0.1, -0.05) is 12.1 Å². The number of esters is 1. The number of alkyl halides is 1. The molecular weight excluding hydrogens is 173 g/mol. The number of methoxy groups -OCH3 is 1. The molecule has 0 fully saturated rings. The van der Waals surface area contributed by atoms with Gasteiger partial charge >= 0.3 is 5.97 Å². The predicted molar refractivity (Wildman–Crippen MR) is 47.4 cm³/mol. The van der Waals surface area contributed by atoms with Crippen molar-refractivity contribution in [2.75, 3.05) is 19.2 Å². The molecule has 0 unspecified atom stereocenters. The fourth-order valence-electron chi connectivity index (χ4n) is 0.997. The molecule has 0 radical (unpaired) electrons. The third-order valence-corrected chi connectivity index (χ3v) is 1.59. The maximum Gasteiger partial charge on any atom is 0.339 e. The van der Waals surface area contributed by atoms with Crippen LogP contribution in [-0.2, 0) is 4.74 Å². The van der Waals surface area contributed by atoms with Gasteiger partial charge in [0.2, 0.25) is 0 Å². The maximum atomic E-state index is 12.0. The number of rotatable bonds is 3. The summed E-state index contributed by atoms with van der Waals surface area (Å²) in [6.45, 7) is -0.714. The van der Waals surface area contributed by atoms with Crippen molar-refractivity contribution < 1.29 is 13.9 Å². The highest BCUT2D eigenvalue weighted by Gasteiger charge is 2.09. The average Bonchev–Trinajstić information content (AvgIpc) is 2.18. The van der Waals surface area contributed by atoms with E-state index in [-0.39, 0.29) is 0 Å². The van der Waals surface area contributed by atoms with Gasteiger partial charge in [-0.25, -0.2) is 9.18 Å². The Morgan fingerprint density at radius 3 is 2.85 bits per heavy atom. The Balaban J connectivity index is 2.97. The SMILES string of the molecule is COC(=O)c1ccccc1NCF. The van der Waals surface area contributed by atoms with Crippen molar-refractivity contribution in [3.8, 4) is 0 Å². The summed E-state index contributed by atoms with van der Waals surface area (Å²) in [5, 5.41) is 2.42. The number of para-hydroxylation sites is 1. The quantitative estimate of drug-likeness (QED) is 0.573. The zero-order chi connectivity index (χ0) is 9.68. The number of hydrogen-bond donors (Lipinski definition) is 1. The molecule has 0 heterocycles. The number of carbonyl (C=O) groups excluding carboxylic acids is 1. The lowest BCUT2D eigenvalue weighted by molar-refractivity contribution is 0.0602. The monoisotopic (exact) mass is 183 g/mol. The highest BCUT2D eigenvalue weighted by atomic mass is 19.1. The molecule has 4 heteroatoms. The fourth-order valence-corrected chi connectivity index (χ4v) is 0.997. The standard InChI is InChI=1S/C9H10FNO2/c1-13-9(12)7-4-2-3-5-8(7)11-6-10/h2-5,11H,6H2,1H3. The second kappa shape index (κ2) is 4.45. The number of nitrogens with one attached hydrogen (secondary N) is 1. The third-order valence-electron chi connectivity index (χ3n) is 1.59. The van der Waals surface area contributed by atoms with Crippen LogP contribution in [0.1, 0.15) is 10.4 Å². The second-order valence-corrected chi connectivity index (χ2v) is 2.35. The first-order valence-corrected chi connectivity index (χ1v) is 3.76. The summed E-state index contributed by atoms with van der Waals surface area (Å²) >= 11 is 0. The van der Waals surface area contributed by atoms with Gasteiger partial charge < -0.3 is 10.1 Å². The number of carbonyl (C=O) groups is 1. The van der Waals surface area contributed by atoms with E-state index in [4.69, 9.17) is 0 Å². The Hall–Kier alpha value is -1.58. The van der Waals surface area contributed by atoms with Crippen LogP contribution in [0.15, 0.2) is 24.3 Å². The van der Waals surface area contributed by atoms with E-state index in [9.17, 15) is 9.18 Å². The molecule has 0 aliphatic heterocycles. The maximum absolute atomic E-state index is 12.0. The summed E-state index contributed by atoms with van der Waals surface area (Å²) in [6.07, 6.45) is 0.